The number of nitrogens with one attached hydrogen (secondary N) is 2. The number of fused-ring (bicyclic) bond motifs is 1. The van der Waals surface area contributed by atoms with Gasteiger partial charge in [-0.15, -0.1) is 0 Å². The fourth-order valence-electron chi connectivity index (χ4n) is 2.03. The first-order chi connectivity index (χ1) is 8.65. The molecule has 0 fully saturated rings. The zero-order valence-electron chi connectivity index (χ0n) is 11.1. The molecule has 0 bridgehead atoms. The zero-order chi connectivity index (χ0) is 13.1. The Bertz CT molecular complexity index is 445. The van der Waals surface area contributed by atoms with E-state index in [0.29, 0.717) is 5.92 Å². The third-order valence-corrected chi connectivity index (χ3v) is 3.46. The van der Waals surface area contributed by atoms with Crippen molar-refractivity contribution in [3.05, 3.63) is 23.8 Å². The number of ether oxygens (including phenoxy) is 1. The highest BCUT2D eigenvalue weighted by Crippen LogP contribution is 2.33. The van der Waals surface area contributed by atoms with Gasteiger partial charge in [0.2, 0.25) is 5.91 Å². The van der Waals surface area contributed by atoms with Crippen LogP contribution in [0.4, 0.5) is 5.69 Å². The summed E-state index contributed by atoms with van der Waals surface area (Å²) in [6.45, 7) is 5.18. The summed E-state index contributed by atoms with van der Waals surface area (Å²) in [5, 5.41) is 6.21. The van der Waals surface area contributed by atoms with Gasteiger partial charge in [-0.25, -0.2) is 0 Å². The van der Waals surface area contributed by atoms with Crippen LogP contribution in [-0.4, -0.2) is 19.6 Å². The molecule has 1 heterocycles. The van der Waals surface area contributed by atoms with Crippen molar-refractivity contribution in [1.29, 1.82) is 0 Å². The largest absolute Gasteiger partial charge is 0.497 e. The van der Waals surface area contributed by atoms with Crippen LogP contribution in [0, 0.1) is 5.92 Å². The Labute approximate surface area is 108 Å². The van der Waals surface area contributed by atoms with Gasteiger partial charge in [0.25, 0.3) is 0 Å². The second-order valence-corrected chi connectivity index (χ2v) is 4.80. The fraction of sp³-hybridized carbons (Fsp3) is 0.500. The number of methoxy groups -OCH3 is 1. The van der Waals surface area contributed by atoms with Crippen LogP contribution < -0.4 is 15.4 Å². The molecule has 2 N–H and O–H groups in total. The molecule has 98 valence electrons. The molecule has 0 saturated heterocycles. The maximum Gasteiger partial charge on any atom is 0.246 e. The molecule has 0 spiro atoms. The van der Waals surface area contributed by atoms with Crippen molar-refractivity contribution in [1.82, 2.24) is 5.32 Å². The summed E-state index contributed by atoms with van der Waals surface area (Å²) in [5.74, 6) is 1.35. The van der Waals surface area contributed by atoms with E-state index in [-0.39, 0.29) is 11.9 Å². The van der Waals surface area contributed by atoms with E-state index >= 15 is 0 Å². The van der Waals surface area contributed by atoms with Gasteiger partial charge in [-0.1, -0.05) is 26.3 Å². The van der Waals surface area contributed by atoms with Gasteiger partial charge in [0.05, 0.1) is 7.11 Å². The predicted molar refractivity (Wildman–Crippen MR) is 71.8 cm³/mol. The molecule has 0 radical (unpaired) electrons. The first-order valence-electron chi connectivity index (χ1n) is 6.38. The van der Waals surface area contributed by atoms with E-state index in [1.165, 1.54) is 0 Å². The molecule has 2 unspecified atom stereocenters. The smallest absolute Gasteiger partial charge is 0.246 e. The van der Waals surface area contributed by atoms with E-state index < -0.39 is 0 Å². The van der Waals surface area contributed by atoms with Crippen LogP contribution in [0.25, 0.3) is 0 Å². The number of benzene rings is 1. The quantitative estimate of drug-likeness (QED) is 0.840. The van der Waals surface area contributed by atoms with Crippen LogP contribution in [0.2, 0.25) is 0 Å². The number of hydrogen-bond acceptors (Lipinski definition) is 3. The van der Waals surface area contributed by atoms with Crippen LogP contribution in [0.15, 0.2) is 18.2 Å². The van der Waals surface area contributed by atoms with Gasteiger partial charge >= 0.3 is 0 Å². The molecule has 1 aliphatic rings. The van der Waals surface area contributed by atoms with E-state index in [0.717, 1.165) is 30.0 Å². The number of amides is 1. The molecule has 4 heteroatoms. The highest BCUT2D eigenvalue weighted by atomic mass is 16.5. The summed E-state index contributed by atoms with van der Waals surface area (Å²) in [6.07, 6.45) is 1.11. The number of carbonyl (C=O) groups is 1. The molecule has 1 amide bonds. The molecule has 1 aromatic rings. The van der Waals surface area contributed by atoms with Crippen molar-refractivity contribution in [2.45, 2.75) is 26.3 Å². The van der Waals surface area contributed by atoms with Crippen LogP contribution >= 0.6 is 0 Å². The minimum atomic E-state index is -0.236. The van der Waals surface area contributed by atoms with Crippen LogP contribution in [0.5, 0.6) is 5.75 Å². The van der Waals surface area contributed by atoms with E-state index in [2.05, 4.69) is 24.5 Å². The van der Waals surface area contributed by atoms with Crippen molar-refractivity contribution in [2.75, 3.05) is 19.0 Å². The summed E-state index contributed by atoms with van der Waals surface area (Å²) in [7, 11) is 1.62. The molecule has 2 rings (SSSR count). The zero-order valence-corrected chi connectivity index (χ0v) is 11.1. The van der Waals surface area contributed by atoms with E-state index in [1.807, 2.05) is 18.2 Å². The van der Waals surface area contributed by atoms with Crippen LogP contribution in [0.1, 0.15) is 31.9 Å². The van der Waals surface area contributed by atoms with Gasteiger partial charge < -0.3 is 15.4 Å². The molecule has 1 aliphatic heterocycles. The molecule has 18 heavy (non-hydrogen) atoms. The third-order valence-electron chi connectivity index (χ3n) is 3.46. The summed E-state index contributed by atoms with van der Waals surface area (Å²) < 4.78 is 5.15. The van der Waals surface area contributed by atoms with E-state index in [9.17, 15) is 4.79 Å². The monoisotopic (exact) mass is 248 g/mol. The summed E-state index contributed by atoms with van der Waals surface area (Å²) in [4.78, 5) is 11.9. The Hall–Kier alpha value is -1.55. The van der Waals surface area contributed by atoms with Gasteiger partial charge in [0.1, 0.15) is 11.8 Å². The molecule has 1 aromatic carbocycles. The Kier molecular flexibility index (Phi) is 3.87. The second-order valence-electron chi connectivity index (χ2n) is 4.80. The lowest BCUT2D eigenvalue weighted by Crippen LogP contribution is -2.30. The lowest BCUT2D eigenvalue weighted by Gasteiger charge is -2.15. The summed E-state index contributed by atoms with van der Waals surface area (Å²) >= 11 is 0. The number of hydrogen-bond donors (Lipinski definition) is 2. The van der Waals surface area contributed by atoms with E-state index in [1.54, 1.807) is 7.11 Å². The van der Waals surface area contributed by atoms with Gasteiger partial charge in [0, 0.05) is 17.3 Å². The molecular formula is C14H20N2O2. The Morgan fingerprint density at radius 1 is 1.50 bits per heavy atom. The Morgan fingerprint density at radius 2 is 2.28 bits per heavy atom. The number of carbonyl (C=O) groups excluding carboxylic acids is 1. The highest BCUT2D eigenvalue weighted by Gasteiger charge is 2.30. The molecule has 0 aliphatic carbocycles. The predicted octanol–water partition coefficient (Wildman–Crippen LogP) is 2.32. The topological polar surface area (TPSA) is 50.4 Å². The summed E-state index contributed by atoms with van der Waals surface area (Å²) in [5.41, 5.74) is 1.85. The second kappa shape index (κ2) is 5.40. The standard InChI is InChI=1S/C14H20N2O2/c1-4-9(2)8-15-13-11-6-5-10(18-3)7-12(11)16-14(13)17/h5-7,9,13,15H,4,8H2,1-3H3,(H,16,17). The van der Waals surface area contributed by atoms with Gasteiger partial charge in [-0.2, -0.15) is 0 Å². The first-order valence-corrected chi connectivity index (χ1v) is 6.38. The SMILES string of the molecule is CCC(C)CNC1C(=O)Nc2cc(OC)ccc21. The first kappa shape index (κ1) is 12.9. The fourth-order valence-corrected chi connectivity index (χ4v) is 2.03. The third kappa shape index (κ3) is 2.48. The summed E-state index contributed by atoms with van der Waals surface area (Å²) in [6, 6.07) is 5.45. The molecular weight excluding hydrogens is 228 g/mol. The lowest BCUT2D eigenvalue weighted by molar-refractivity contribution is -0.117. The molecule has 0 aromatic heterocycles. The van der Waals surface area contributed by atoms with E-state index in [4.69, 9.17) is 4.74 Å². The molecule has 0 saturated carbocycles. The van der Waals surface area contributed by atoms with Crippen LogP contribution in [0.3, 0.4) is 0 Å². The average Bonchev–Trinajstić information content (AvgIpc) is 2.70. The minimum Gasteiger partial charge on any atom is -0.497 e. The van der Waals surface area contributed by atoms with Crippen molar-refractivity contribution in [3.63, 3.8) is 0 Å². The van der Waals surface area contributed by atoms with Crippen molar-refractivity contribution in [2.24, 2.45) is 5.92 Å². The van der Waals surface area contributed by atoms with Crippen molar-refractivity contribution in [3.8, 4) is 5.75 Å². The van der Waals surface area contributed by atoms with Crippen molar-refractivity contribution >= 4 is 11.6 Å². The molecule has 4 nitrogen and oxygen atoms in total. The number of rotatable bonds is 5. The van der Waals surface area contributed by atoms with Gasteiger partial charge in [-0.3, -0.25) is 4.79 Å². The van der Waals surface area contributed by atoms with Gasteiger partial charge in [0.15, 0.2) is 0 Å². The Balaban J connectivity index is 2.13. The van der Waals surface area contributed by atoms with Gasteiger partial charge in [-0.05, 0) is 18.5 Å². The minimum absolute atomic E-state index is 0.0153. The maximum atomic E-state index is 11.9. The average molecular weight is 248 g/mol. The molecule has 2 atom stereocenters. The van der Waals surface area contributed by atoms with Crippen molar-refractivity contribution < 1.29 is 9.53 Å². The number of anilines is 1. The normalized spacial score (nSPS) is 19.3. The Morgan fingerprint density at radius 3 is 2.94 bits per heavy atom. The lowest BCUT2D eigenvalue weighted by atomic mass is 10.1. The van der Waals surface area contributed by atoms with Crippen LogP contribution in [-0.2, 0) is 4.79 Å². The maximum absolute atomic E-state index is 11.9. The highest BCUT2D eigenvalue weighted by molar-refractivity contribution is 6.02.